The SMILES string of the molecule is C=CC(=O)N(CCC)C1CCCNC1. The van der Waals surface area contributed by atoms with Gasteiger partial charge in [0.25, 0.3) is 0 Å². The molecule has 0 aromatic heterocycles. The number of nitrogens with one attached hydrogen (secondary N) is 1. The minimum absolute atomic E-state index is 0.0700. The highest BCUT2D eigenvalue weighted by molar-refractivity contribution is 5.87. The first kappa shape index (κ1) is 11.2. The van der Waals surface area contributed by atoms with Crippen molar-refractivity contribution in [2.45, 2.75) is 32.2 Å². The van der Waals surface area contributed by atoms with Crippen LogP contribution in [-0.2, 0) is 4.79 Å². The van der Waals surface area contributed by atoms with Gasteiger partial charge < -0.3 is 10.2 Å². The number of carbonyl (C=O) groups is 1. The topological polar surface area (TPSA) is 32.3 Å². The Hall–Kier alpha value is -0.830. The van der Waals surface area contributed by atoms with E-state index in [0.717, 1.165) is 38.9 Å². The highest BCUT2D eigenvalue weighted by atomic mass is 16.2. The second-order valence-corrected chi connectivity index (χ2v) is 3.74. The van der Waals surface area contributed by atoms with Crippen LogP contribution in [0.25, 0.3) is 0 Å². The lowest BCUT2D eigenvalue weighted by molar-refractivity contribution is -0.128. The van der Waals surface area contributed by atoms with Crippen LogP contribution in [0, 0.1) is 0 Å². The number of hydrogen-bond acceptors (Lipinski definition) is 2. The summed E-state index contributed by atoms with van der Waals surface area (Å²) in [7, 11) is 0. The summed E-state index contributed by atoms with van der Waals surface area (Å²) in [6, 6.07) is 0.370. The van der Waals surface area contributed by atoms with Crippen molar-refractivity contribution in [3.8, 4) is 0 Å². The van der Waals surface area contributed by atoms with Crippen molar-refractivity contribution < 1.29 is 4.79 Å². The number of hydrogen-bond donors (Lipinski definition) is 1. The highest BCUT2D eigenvalue weighted by Gasteiger charge is 2.22. The van der Waals surface area contributed by atoms with Crippen LogP contribution in [-0.4, -0.2) is 36.5 Å². The molecule has 0 aromatic carbocycles. The lowest BCUT2D eigenvalue weighted by Crippen LogP contribution is -2.48. The monoisotopic (exact) mass is 196 g/mol. The van der Waals surface area contributed by atoms with Crippen molar-refractivity contribution in [3.05, 3.63) is 12.7 Å². The van der Waals surface area contributed by atoms with E-state index in [2.05, 4.69) is 18.8 Å². The molecule has 1 fully saturated rings. The van der Waals surface area contributed by atoms with Gasteiger partial charge in [0, 0.05) is 19.1 Å². The molecule has 1 aliphatic heterocycles. The van der Waals surface area contributed by atoms with Crippen LogP contribution < -0.4 is 5.32 Å². The first-order valence-electron chi connectivity index (χ1n) is 5.43. The maximum absolute atomic E-state index is 11.6. The summed E-state index contributed by atoms with van der Waals surface area (Å²) >= 11 is 0. The summed E-state index contributed by atoms with van der Waals surface area (Å²) in [6.07, 6.45) is 4.71. The van der Waals surface area contributed by atoms with Gasteiger partial charge in [0.05, 0.1) is 0 Å². The number of nitrogens with zero attached hydrogens (tertiary/aromatic N) is 1. The molecule has 1 aliphatic rings. The van der Waals surface area contributed by atoms with Crippen molar-refractivity contribution in [3.63, 3.8) is 0 Å². The lowest BCUT2D eigenvalue weighted by atomic mass is 10.1. The molecule has 80 valence electrons. The third-order valence-electron chi connectivity index (χ3n) is 2.63. The molecule has 0 bridgehead atoms. The maximum Gasteiger partial charge on any atom is 0.246 e. The predicted octanol–water partition coefficient (Wildman–Crippen LogP) is 1.16. The second-order valence-electron chi connectivity index (χ2n) is 3.74. The van der Waals surface area contributed by atoms with Crippen molar-refractivity contribution in [2.75, 3.05) is 19.6 Å². The molecule has 14 heavy (non-hydrogen) atoms. The quantitative estimate of drug-likeness (QED) is 0.684. The molecule has 3 nitrogen and oxygen atoms in total. The number of rotatable bonds is 4. The zero-order valence-electron chi connectivity index (χ0n) is 8.96. The second kappa shape index (κ2) is 5.81. The number of carbonyl (C=O) groups excluding carboxylic acids is 1. The third-order valence-corrected chi connectivity index (χ3v) is 2.63. The number of amides is 1. The highest BCUT2D eigenvalue weighted by Crippen LogP contribution is 2.11. The molecule has 1 N–H and O–H groups in total. The number of piperidine rings is 1. The summed E-state index contributed by atoms with van der Waals surface area (Å²) in [5.74, 6) is 0.0700. The van der Waals surface area contributed by atoms with Crippen LogP contribution in [0.4, 0.5) is 0 Å². The Balaban J connectivity index is 2.55. The van der Waals surface area contributed by atoms with Gasteiger partial charge in [0.1, 0.15) is 0 Å². The van der Waals surface area contributed by atoms with Crippen molar-refractivity contribution >= 4 is 5.91 Å². The summed E-state index contributed by atoms with van der Waals surface area (Å²) in [5.41, 5.74) is 0. The van der Waals surface area contributed by atoms with E-state index in [1.807, 2.05) is 4.90 Å². The largest absolute Gasteiger partial charge is 0.335 e. The Morgan fingerprint density at radius 2 is 2.50 bits per heavy atom. The van der Waals surface area contributed by atoms with Crippen LogP contribution in [0.15, 0.2) is 12.7 Å². The fraction of sp³-hybridized carbons (Fsp3) is 0.727. The minimum atomic E-state index is 0.0700. The summed E-state index contributed by atoms with van der Waals surface area (Å²) in [6.45, 7) is 8.50. The van der Waals surface area contributed by atoms with Crippen molar-refractivity contribution in [1.29, 1.82) is 0 Å². The van der Waals surface area contributed by atoms with Crippen LogP contribution in [0.2, 0.25) is 0 Å². The van der Waals surface area contributed by atoms with Crippen molar-refractivity contribution in [1.82, 2.24) is 10.2 Å². The molecule has 0 spiro atoms. The first-order chi connectivity index (χ1) is 6.79. The van der Waals surface area contributed by atoms with Gasteiger partial charge in [0.15, 0.2) is 0 Å². The van der Waals surface area contributed by atoms with Gasteiger partial charge in [-0.1, -0.05) is 13.5 Å². The first-order valence-corrected chi connectivity index (χ1v) is 5.43. The van der Waals surface area contributed by atoms with Crippen LogP contribution in [0.5, 0.6) is 0 Å². The van der Waals surface area contributed by atoms with E-state index < -0.39 is 0 Å². The zero-order valence-corrected chi connectivity index (χ0v) is 8.96. The Bertz CT molecular complexity index is 197. The van der Waals surface area contributed by atoms with Crippen LogP contribution >= 0.6 is 0 Å². The Labute approximate surface area is 86.2 Å². The Morgan fingerprint density at radius 3 is 3.00 bits per heavy atom. The van der Waals surface area contributed by atoms with E-state index >= 15 is 0 Å². The van der Waals surface area contributed by atoms with Gasteiger partial charge in [-0.25, -0.2) is 0 Å². The Morgan fingerprint density at radius 1 is 1.71 bits per heavy atom. The summed E-state index contributed by atoms with van der Waals surface area (Å²) in [4.78, 5) is 13.5. The maximum atomic E-state index is 11.6. The molecule has 1 unspecified atom stereocenters. The smallest absolute Gasteiger partial charge is 0.246 e. The fourth-order valence-corrected chi connectivity index (χ4v) is 1.93. The molecular formula is C11H20N2O. The Kier molecular flexibility index (Phi) is 4.66. The van der Waals surface area contributed by atoms with E-state index in [9.17, 15) is 4.79 Å². The van der Waals surface area contributed by atoms with E-state index in [1.54, 1.807) is 0 Å². The molecular weight excluding hydrogens is 176 g/mol. The van der Waals surface area contributed by atoms with E-state index in [0.29, 0.717) is 6.04 Å². The zero-order chi connectivity index (χ0) is 10.4. The fourth-order valence-electron chi connectivity index (χ4n) is 1.93. The molecule has 0 aromatic rings. The van der Waals surface area contributed by atoms with E-state index in [-0.39, 0.29) is 5.91 Å². The van der Waals surface area contributed by atoms with E-state index in [1.165, 1.54) is 6.08 Å². The predicted molar refractivity (Wildman–Crippen MR) is 58.1 cm³/mol. The molecule has 0 aliphatic carbocycles. The van der Waals surface area contributed by atoms with Crippen molar-refractivity contribution in [2.24, 2.45) is 0 Å². The van der Waals surface area contributed by atoms with Gasteiger partial charge in [0.2, 0.25) is 5.91 Å². The standard InChI is InChI=1S/C11H20N2O/c1-3-8-13(11(14)4-2)10-6-5-7-12-9-10/h4,10,12H,2-3,5-9H2,1H3. The molecule has 1 heterocycles. The van der Waals surface area contributed by atoms with Crippen LogP contribution in [0.3, 0.4) is 0 Å². The van der Waals surface area contributed by atoms with Gasteiger partial charge in [-0.3, -0.25) is 4.79 Å². The molecule has 3 heteroatoms. The molecule has 0 radical (unpaired) electrons. The molecule has 0 saturated carbocycles. The minimum Gasteiger partial charge on any atom is -0.335 e. The third kappa shape index (κ3) is 2.84. The summed E-state index contributed by atoms with van der Waals surface area (Å²) < 4.78 is 0. The summed E-state index contributed by atoms with van der Waals surface area (Å²) in [5, 5.41) is 3.32. The van der Waals surface area contributed by atoms with Gasteiger partial charge in [-0.05, 0) is 31.9 Å². The molecule has 1 rings (SSSR count). The van der Waals surface area contributed by atoms with Gasteiger partial charge >= 0.3 is 0 Å². The van der Waals surface area contributed by atoms with E-state index in [4.69, 9.17) is 0 Å². The molecule has 1 saturated heterocycles. The lowest BCUT2D eigenvalue weighted by Gasteiger charge is -2.33. The van der Waals surface area contributed by atoms with Gasteiger partial charge in [-0.2, -0.15) is 0 Å². The average Bonchev–Trinajstić information content (AvgIpc) is 2.26. The molecule has 1 atom stereocenters. The van der Waals surface area contributed by atoms with Crippen LogP contribution in [0.1, 0.15) is 26.2 Å². The van der Waals surface area contributed by atoms with Gasteiger partial charge in [-0.15, -0.1) is 0 Å². The normalized spacial score (nSPS) is 21.6. The average molecular weight is 196 g/mol. The molecule has 1 amide bonds.